The quantitative estimate of drug-likeness (QED) is 0.720. The lowest BCUT2D eigenvalue weighted by Gasteiger charge is -2.07. The zero-order valence-electron chi connectivity index (χ0n) is 8.04. The lowest BCUT2D eigenvalue weighted by atomic mass is 10.2. The van der Waals surface area contributed by atoms with E-state index in [-0.39, 0.29) is 0 Å². The van der Waals surface area contributed by atoms with Crippen molar-refractivity contribution < 1.29 is 9.47 Å². The summed E-state index contributed by atoms with van der Waals surface area (Å²) in [6, 6.07) is 5.60. The van der Waals surface area contributed by atoms with Gasteiger partial charge in [0.1, 0.15) is 5.75 Å². The Labute approximate surface area is 78.5 Å². The first kappa shape index (κ1) is 9.86. The first-order valence-electron chi connectivity index (χ1n) is 4.28. The van der Waals surface area contributed by atoms with Gasteiger partial charge in [0.15, 0.2) is 0 Å². The second-order valence-electron chi connectivity index (χ2n) is 2.70. The van der Waals surface area contributed by atoms with E-state index in [9.17, 15) is 0 Å². The molecule has 0 bridgehead atoms. The topological polar surface area (TPSA) is 44.5 Å². The van der Waals surface area contributed by atoms with E-state index in [1.54, 1.807) is 13.2 Å². The Morgan fingerprint density at radius 2 is 2.15 bits per heavy atom. The summed E-state index contributed by atoms with van der Waals surface area (Å²) < 4.78 is 10.3. The molecule has 72 valence electrons. The van der Waals surface area contributed by atoms with Gasteiger partial charge in [-0.2, -0.15) is 0 Å². The Morgan fingerprint density at radius 3 is 2.69 bits per heavy atom. The predicted octanol–water partition coefficient (Wildman–Crippen LogP) is 1.81. The molecule has 1 aromatic rings. The van der Waals surface area contributed by atoms with Crippen LogP contribution in [0.2, 0.25) is 0 Å². The first-order valence-corrected chi connectivity index (χ1v) is 4.28. The predicted molar refractivity (Wildman–Crippen MR) is 52.7 cm³/mol. The van der Waals surface area contributed by atoms with Crippen molar-refractivity contribution >= 4 is 5.69 Å². The molecule has 13 heavy (non-hydrogen) atoms. The molecular formula is C10H15NO2. The van der Waals surface area contributed by atoms with Crippen LogP contribution in [0, 0.1) is 0 Å². The molecule has 0 aliphatic heterocycles. The minimum Gasteiger partial charge on any atom is -0.497 e. The molecule has 1 rings (SSSR count). The summed E-state index contributed by atoms with van der Waals surface area (Å²) in [5.41, 5.74) is 7.50. The number of rotatable bonds is 4. The van der Waals surface area contributed by atoms with Crippen molar-refractivity contribution in [1.29, 1.82) is 0 Å². The summed E-state index contributed by atoms with van der Waals surface area (Å²) in [7, 11) is 1.62. The summed E-state index contributed by atoms with van der Waals surface area (Å²) >= 11 is 0. The number of hydrogen-bond donors (Lipinski definition) is 1. The van der Waals surface area contributed by atoms with Crippen LogP contribution in [0.15, 0.2) is 18.2 Å². The highest BCUT2D eigenvalue weighted by Crippen LogP contribution is 2.19. The monoisotopic (exact) mass is 181 g/mol. The van der Waals surface area contributed by atoms with Gasteiger partial charge in [0, 0.05) is 23.9 Å². The van der Waals surface area contributed by atoms with Gasteiger partial charge in [-0.25, -0.2) is 0 Å². The first-order chi connectivity index (χ1) is 6.27. The van der Waals surface area contributed by atoms with Gasteiger partial charge in [0.25, 0.3) is 0 Å². The Bertz CT molecular complexity index is 274. The van der Waals surface area contributed by atoms with Gasteiger partial charge >= 0.3 is 0 Å². The largest absolute Gasteiger partial charge is 0.497 e. The van der Waals surface area contributed by atoms with E-state index in [0.717, 1.165) is 11.3 Å². The summed E-state index contributed by atoms with van der Waals surface area (Å²) in [6.45, 7) is 3.22. The minimum atomic E-state index is 0.562. The molecule has 0 heterocycles. The zero-order chi connectivity index (χ0) is 9.68. The Balaban J connectivity index is 2.73. The molecule has 0 saturated carbocycles. The molecule has 0 aliphatic rings. The van der Waals surface area contributed by atoms with Crippen LogP contribution >= 0.6 is 0 Å². The highest BCUT2D eigenvalue weighted by atomic mass is 16.5. The fourth-order valence-corrected chi connectivity index (χ4v) is 1.04. The van der Waals surface area contributed by atoms with Crippen molar-refractivity contribution in [3.63, 3.8) is 0 Å². The number of methoxy groups -OCH3 is 1. The van der Waals surface area contributed by atoms with Gasteiger partial charge in [0.05, 0.1) is 13.7 Å². The van der Waals surface area contributed by atoms with Gasteiger partial charge < -0.3 is 15.2 Å². The van der Waals surface area contributed by atoms with E-state index in [2.05, 4.69) is 0 Å². The molecule has 0 unspecified atom stereocenters. The SMILES string of the molecule is CCOCc1ccc(OC)cc1N. The minimum absolute atomic E-state index is 0.562. The van der Waals surface area contributed by atoms with Crippen LogP contribution in [-0.4, -0.2) is 13.7 Å². The molecule has 0 saturated heterocycles. The van der Waals surface area contributed by atoms with Gasteiger partial charge in [-0.15, -0.1) is 0 Å². The number of nitrogens with two attached hydrogens (primary N) is 1. The van der Waals surface area contributed by atoms with Crippen molar-refractivity contribution in [3.8, 4) is 5.75 Å². The Kier molecular flexibility index (Phi) is 3.58. The van der Waals surface area contributed by atoms with Crippen LogP contribution < -0.4 is 10.5 Å². The van der Waals surface area contributed by atoms with Crippen molar-refractivity contribution in [2.75, 3.05) is 19.5 Å². The molecule has 0 atom stereocenters. The zero-order valence-corrected chi connectivity index (χ0v) is 8.04. The molecule has 0 radical (unpaired) electrons. The average Bonchev–Trinajstić information content (AvgIpc) is 2.16. The van der Waals surface area contributed by atoms with Gasteiger partial charge in [0.2, 0.25) is 0 Å². The second kappa shape index (κ2) is 4.72. The standard InChI is InChI=1S/C10H15NO2/c1-3-13-7-8-4-5-9(12-2)6-10(8)11/h4-6H,3,7,11H2,1-2H3. The Morgan fingerprint density at radius 1 is 1.38 bits per heavy atom. The number of anilines is 1. The highest BCUT2D eigenvalue weighted by Gasteiger charge is 2.00. The maximum atomic E-state index is 5.78. The van der Waals surface area contributed by atoms with Crippen molar-refractivity contribution in [2.24, 2.45) is 0 Å². The summed E-state index contributed by atoms with van der Waals surface area (Å²) in [4.78, 5) is 0. The molecule has 1 aromatic carbocycles. The fraction of sp³-hybridized carbons (Fsp3) is 0.400. The number of benzene rings is 1. The number of hydrogen-bond acceptors (Lipinski definition) is 3. The third-order valence-corrected chi connectivity index (χ3v) is 1.81. The molecule has 0 fully saturated rings. The van der Waals surface area contributed by atoms with Crippen LogP contribution in [-0.2, 0) is 11.3 Å². The van der Waals surface area contributed by atoms with Crippen LogP contribution in [0.5, 0.6) is 5.75 Å². The van der Waals surface area contributed by atoms with Crippen LogP contribution in [0.3, 0.4) is 0 Å². The molecule has 0 amide bonds. The van der Waals surface area contributed by atoms with Gasteiger partial charge in [-0.1, -0.05) is 6.07 Å². The summed E-state index contributed by atoms with van der Waals surface area (Å²) in [5, 5.41) is 0. The van der Waals surface area contributed by atoms with E-state index >= 15 is 0 Å². The van der Waals surface area contributed by atoms with Crippen molar-refractivity contribution in [1.82, 2.24) is 0 Å². The third-order valence-electron chi connectivity index (χ3n) is 1.81. The molecule has 2 N–H and O–H groups in total. The lowest BCUT2D eigenvalue weighted by Crippen LogP contribution is -1.98. The second-order valence-corrected chi connectivity index (χ2v) is 2.70. The van der Waals surface area contributed by atoms with E-state index in [1.807, 2.05) is 19.1 Å². The molecule has 0 aliphatic carbocycles. The fourth-order valence-electron chi connectivity index (χ4n) is 1.04. The molecular weight excluding hydrogens is 166 g/mol. The average molecular weight is 181 g/mol. The lowest BCUT2D eigenvalue weighted by molar-refractivity contribution is 0.134. The van der Waals surface area contributed by atoms with E-state index in [4.69, 9.17) is 15.2 Å². The summed E-state index contributed by atoms with van der Waals surface area (Å²) in [6.07, 6.45) is 0. The maximum Gasteiger partial charge on any atom is 0.120 e. The van der Waals surface area contributed by atoms with E-state index < -0.39 is 0 Å². The van der Waals surface area contributed by atoms with Gasteiger partial charge in [-0.3, -0.25) is 0 Å². The smallest absolute Gasteiger partial charge is 0.120 e. The van der Waals surface area contributed by atoms with Gasteiger partial charge in [-0.05, 0) is 13.0 Å². The molecule has 3 heteroatoms. The number of ether oxygens (including phenoxy) is 2. The summed E-state index contributed by atoms with van der Waals surface area (Å²) in [5.74, 6) is 0.776. The maximum absolute atomic E-state index is 5.78. The van der Waals surface area contributed by atoms with E-state index in [0.29, 0.717) is 18.9 Å². The van der Waals surface area contributed by atoms with Crippen molar-refractivity contribution in [2.45, 2.75) is 13.5 Å². The third kappa shape index (κ3) is 2.63. The van der Waals surface area contributed by atoms with E-state index in [1.165, 1.54) is 0 Å². The number of nitrogen functional groups attached to an aromatic ring is 1. The Hall–Kier alpha value is -1.22. The molecule has 0 spiro atoms. The molecule has 0 aromatic heterocycles. The van der Waals surface area contributed by atoms with Crippen molar-refractivity contribution in [3.05, 3.63) is 23.8 Å². The van der Waals surface area contributed by atoms with Crippen LogP contribution in [0.25, 0.3) is 0 Å². The normalized spacial score (nSPS) is 10.0. The van der Waals surface area contributed by atoms with Crippen LogP contribution in [0.1, 0.15) is 12.5 Å². The molecule has 3 nitrogen and oxygen atoms in total. The highest BCUT2D eigenvalue weighted by molar-refractivity contribution is 5.51. The van der Waals surface area contributed by atoms with Crippen LogP contribution in [0.4, 0.5) is 5.69 Å².